The topological polar surface area (TPSA) is 34.8 Å². The number of hydrogen-bond donors (Lipinski definition) is 0. The molecule has 0 aromatic carbocycles. The standard InChI is InChI=1S/C13H19NO3/c1-11-3-6-15-12(11)9-14-5-2-4-13(10-14)16-7-8-17-13/h3,6H,2,4-5,7-10H2,1H3. The summed E-state index contributed by atoms with van der Waals surface area (Å²) in [6, 6.07) is 2.01. The lowest BCUT2D eigenvalue weighted by Crippen LogP contribution is -2.48. The maximum atomic E-state index is 5.77. The van der Waals surface area contributed by atoms with Gasteiger partial charge in [0.1, 0.15) is 5.76 Å². The summed E-state index contributed by atoms with van der Waals surface area (Å²) in [6.45, 7) is 6.34. The summed E-state index contributed by atoms with van der Waals surface area (Å²) in [7, 11) is 0. The first-order valence-electron chi connectivity index (χ1n) is 6.31. The number of ether oxygens (including phenoxy) is 2. The average Bonchev–Trinajstić information content (AvgIpc) is 2.91. The third kappa shape index (κ3) is 2.25. The molecule has 2 aliphatic heterocycles. The molecule has 3 heterocycles. The molecule has 0 aliphatic carbocycles. The molecule has 17 heavy (non-hydrogen) atoms. The van der Waals surface area contributed by atoms with Crippen molar-refractivity contribution in [1.82, 2.24) is 4.90 Å². The zero-order chi connectivity index (χ0) is 11.7. The van der Waals surface area contributed by atoms with Crippen LogP contribution in [-0.4, -0.2) is 37.0 Å². The van der Waals surface area contributed by atoms with Gasteiger partial charge in [-0.3, -0.25) is 4.90 Å². The molecule has 1 aromatic heterocycles. The van der Waals surface area contributed by atoms with E-state index < -0.39 is 0 Å². The van der Waals surface area contributed by atoms with Crippen LogP contribution in [0, 0.1) is 6.92 Å². The molecular formula is C13H19NO3. The Labute approximate surface area is 101 Å². The van der Waals surface area contributed by atoms with Gasteiger partial charge in [-0.05, 0) is 31.5 Å². The molecule has 0 unspecified atom stereocenters. The Hall–Kier alpha value is -0.840. The van der Waals surface area contributed by atoms with Gasteiger partial charge in [0, 0.05) is 6.42 Å². The SMILES string of the molecule is Cc1ccoc1CN1CCCC2(C1)OCCO2. The molecule has 1 aromatic rings. The Morgan fingerprint density at radius 1 is 1.35 bits per heavy atom. The van der Waals surface area contributed by atoms with Crippen LogP contribution in [-0.2, 0) is 16.0 Å². The second-order valence-corrected chi connectivity index (χ2v) is 4.95. The molecular weight excluding hydrogens is 218 g/mol. The Balaban J connectivity index is 1.66. The summed E-state index contributed by atoms with van der Waals surface area (Å²) in [6.07, 6.45) is 3.90. The molecule has 0 atom stereocenters. The van der Waals surface area contributed by atoms with E-state index in [1.54, 1.807) is 6.26 Å². The first-order chi connectivity index (χ1) is 8.27. The Bertz CT molecular complexity index is 382. The van der Waals surface area contributed by atoms with Crippen LogP contribution in [0.1, 0.15) is 24.2 Å². The first kappa shape index (κ1) is 11.3. The number of likely N-dealkylation sites (tertiary alicyclic amines) is 1. The molecule has 4 nitrogen and oxygen atoms in total. The number of furan rings is 1. The van der Waals surface area contributed by atoms with Gasteiger partial charge in [-0.15, -0.1) is 0 Å². The van der Waals surface area contributed by atoms with Crippen LogP contribution in [0.5, 0.6) is 0 Å². The second-order valence-electron chi connectivity index (χ2n) is 4.95. The lowest BCUT2D eigenvalue weighted by Gasteiger charge is -2.38. The van der Waals surface area contributed by atoms with Crippen molar-refractivity contribution in [3.63, 3.8) is 0 Å². The van der Waals surface area contributed by atoms with E-state index >= 15 is 0 Å². The Morgan fingerprint density at radius 3 is 2.88 bits per heavy atom. The van der Waals surface area contributed by atoms with Crippen molar-refractivity contribution in [3.8, 4) is 0 Å². The van der Waals surface area contributed by atoms with Crippen LogP contribution >= 0.6 is 0 Å². The fourth-order valence-corrected chi connectivity index (χ4v) is 2.71. The van der Waals surface area contributed by atoms with Gasteiger partial charge in [0.25, 0.3) is 0 Å². The van der Waals surface area contributed by atoms with E-state index in [0.29, 0.717) is 0 Å². The third-order valence-corrected chi connectivity index (χ3v) is 3.65. The van der Waals surface area contributed by atoms with Gasteiger partial charge in [-0.25, -0.2) is 0 Å². The van der Waals surface area contributed by atoms with E-state index in [1.165, 1.54) is 5.56 Å². The van der Waals surface area contributed by atoms with Crippen molar-refractivity contribution in [1.29, 1.82) is 0 Å². The second kappa shape index (κ2) is 4.44. The molecule has 2 fully saturated rings. The van der Waals surface area contributed by atoms with Crippen LogP contribution in [0.15, 0.2) is 16.7 Å². The number of rotatable bonds is 2. The van der Waals surface area contributed by atoms with Crippen molar-refractivity contribution >= 4 is 0 Å². The van der Waals surface area contributed by atoms with Crippen LogP contribution in [0.2, 0.25) is 0 Å². The minimum atomic E-state index is -0.335. The highest BCUT2D eigenvalue weighted by atomic mass is 16.7. The highest BCUT2D eigenvalue weighted by molar-refractivity contribution is 5.14. The predicted octanol–water partition coefficient (Wildman–Crippen LogP) is 1.93. The van der Waals surface area contributed by atoms with E-state index in [1.807, 2.05) is 6.07 Å². The zero-order valence-corrected chi connectivity index (χ0v) is 10.3. The van der Waals surface area contributed by atoms with Gasteiger partial charge in [-0.2, -0.15) is 0 Å². The molecule has 0 N–H and O–H groups in total. The first-order valence-corrected chi connectivity index (χ1v) is 6.31. The molecule has 0 bridgehead atoms. The van der Waals surface area contributed by atoms with Gasteiger partial charge in [-0.1, -0.05) is 0 Å². The molecule has 0 amide bonds. The lowest BCUT2D eigenvalue weighted by atomic mass is 10.0. The van der Waals surface area contributed by atoms with E-state index in [9.17, 15) is 0 Å². The van der Waals surface area contributed by atoms with Crippen molar-refractivity contribution < 1.29 is 13.9 Å². The zero-order valence-electron chi connectivity index (χ0n) is 10.3. The molecule has 3 rings (SSSR count). The van der Waals surface area contributed by atoms with Crippen LogP contribution in [0.4, 0.5) is 0 Å². The maximum absolute atomic E-state index is 5.77. The smallest absolute Gasteiger partial charge is 0.181 e. The summed E-state index contributed by atoms with van der Waals surface area (Å²) in [4.78, 5) is 2.36. The van der Waals surface area contributed by atoms with Crippen molar-refractivity contribution in [2.24, 2.45) is 0 Å². The molecule has 0 radical (unpaired) electrons. The summed E-state index contributed by atoms with van der Waals surface area (Å²) in [5.74, 6) is 0.721. The third-order valence-electron chi connectivity index (χ3n) is 3.65. The monoisotopic (exact) mass is 237 g/mol. The number of aryl methyl sites for hydroxylation is 1. The summed E-state index contributed by atoms with van der Waals surface area (Å²) >= 11 is 0. The van der Waals surface area contributed by atoms with Crippen molar-refractivity contribution in [3.05, 3.63) is 23.7 Å². The van der Waals surface area contributed by atoms with E-state index in [0.717, 1.165) is 51.4 Å². The van der Waals surface area contributed by atoms with E-state index in [2.05, 4.69) is 11.8 Å². The van der Waals surface area contributed by atoms with E-state index in [-0.39, 0.29) is 5.79 Å². The summed E-state index contributed by atoms with van der Waals surface area (Å²) in [5, 5.41) is 0. The van der Waals surface area contributed by atoms with Crippen LogP contribution < -0.4 is 0 Å². The minimum absolute atomic E-state index is 0.335. The maximum Gasteiger partial charge on any atom is 0.181 e. The van der Waals surface area contributed by atoms with Gasteiger partial charge in [0.05, 0.1) is 32.6 Å². The Morgan fingerprint density at radius 2 is 2.18 bits per heavy atom. The lowest BCUT2D eigenvalue weighted by molar-refractivity contribution is -0.190. The highest BCUT2D eigenvalue weighted by Crippen LogP contribution is 2.30. The van der Waals surface area contributed by atoms with Crippen molar-refractivity contribution in [2.75, 3.05) is 26.3 Å². The number of hydrogen-bond acceptors (Lipinski definition) is 4. The van der Waals surface area contributed by atoms with Crippen molar-refractivity contribution in [2.45, 2.75) is 32.1 Å². The highest BCUT2D eigenvalue weighted by Gasteiger charge is 2.40. The van der Waals surface area contributed by atoms with E-state index in [4.69, 9.17) is 13.9 Å². The fourth-order valence-electron chi connectivity index (χ4n) is 2.71. The number of piperidine rings is 1. The average molecular weight is 237 g/mol. The molecule has 0 saturated carbocycles. The van der Waals surface area contributed by atoms with Gasteiger partial charge in [0.15, 0.2) is 5.79 Å². The molecule has 2 aliphatic rings. The van der Waals surface area contributed by atoms with Gasteiger partial charge < -0.3 is 13.9 Å². The summed E-state index contributed by atoms with van der Waals surface area (Å²) < 4.78 is 17.0. The number of nitrogens with zero attached hydrogens (tertiary/aromatic N) is 1. The minimum Gasteiger partial charge on any atom is -0.468 e. The van der Waals surface area contributed by atoms with Crippen LogP contribution in [0.3, 0.4) is 0 Å². The quantitative estimate of drug-likeness (QED) is 0.787. The van der Waals surface area contributed by atoms with Crippen LogP contribution in [0.25, 0.3) is 0 Å². The molecule has 94 valence electrons. The summed E-state index contributed by atoms with van der Waals surface area (Å²) in [5.41, 5.74) is 1.22. The molecule has 1 spiro atoms. The normalized spacial score (nSPS) is 24.5. The fraction of sp³-hybridized carbons (Fsp3) is 0.692. The predicted molar refractivity (Wildman–Crippen MR) is 62.6 cm³/mol. The Kier molecular flexibility index (Phi) is 2.94. The van der Waals surface area contributed by atoms with Gasteiger partial charge in [0.2, 0.25) is 0 Å². The largest absolute Gasteiger partial charge is 0.468 e. The molecule has 4 heteroatoms. The van der Waals surface area contributed by atoms with Gasteiger partial charge >= 0.3 is 0 Å². The molecule has 2 saturated heterocycles.